The number of carbonyl (C=O) groups excluding carboxylic acids is 1. The van der Waals surface area contributed by atoms with E-state index in [1.54, 1.807) is 6.08 Å². The maximum Gasteiger partial charge on any atom is 0.161 e. The molecule has 0 spiro atoms. The van der Waals surface area contributed by atoms with Crippen LogP contribution < -0.4 is 0 Å². The highest BCUT2D eigenvalue weighted by Crippen LogP contribution is 2.53. The molecule has 0 aromatic carbocycles. The molecule has 0 unspecified atom stereocenters. The molecule has 0 radical (unpaired) electrons. The maximum atomic E-state index is 11.7. The number of allylic oxidation sites excluding steroid dienone is 2. The van der Waals surface area contributed by atoms with Crippen molar-refractivity contribution in [2.24, 2.45) is 23.2 Å². The van der Waals surface area contributed by atoms with Crippen LogP contribution >= 0.6 is 0 Å². The van der Waals surface area contributed by atoms with Crippen molar-refractivity contribution in [3.8, 4) is 0 Å². The van der Waals surface area contributed by atoms with Crippen molar-refractivity contribution in [1.29, 1.82) is 0 Å². The second-order valence-corrected chi connectivity index (χ2v) is 5.11. The van der Waals surface area contributed by atoms with Crippen molar-refractivity contribution in [1.82, 2.24) is 0 Å². The molecule has 2 aliphatic carbocycles. The lowest BCUT2D eigenvalue weighted by Crippen LogP contribution is -2.28. The summed E-state index contributed by atoms with van der Waals surface area (Å²) in [4.78, 5) is 11.7. The molecule has 0 heterocycles. The van der Waals surface area contributed by atoms with E-state index in [1.807, 2.05) is 0 Å². The van der Waals surface area contributed by atoms with Crippen LogP contribution in [0, 0.1) is 23.2 Å². The third-order valence-electron chi connectivity index (χ3n) is 4.07. The number of fused-ring (bicyclic) bond motifs is 1. The Hall–Kier alpha value is -0.590. The first-order valence-electron chi connectivity index (χ1n) is 5.28. The van der Waals surface area contributed by atoms with Crippen molar-refractivity contribution in [3.05, 3.63) is 12.2 Å². The zero-order valence-electron chi connectivity index (χ0n) is 8.71. The van der Waals surface area contributed by atoms with Crippen LogP contribution in [0.25, 0.3) is 0 Å². The Kier molecular flexibility index (Phi) is 1.86. The average molecular weight is 178 g/mol. The van der Waals surface area contributed by atoms with Crippen LogP contribution in [-0.2, 0) is 4.79 Å². The van der Waals surface area contributed by atoms with E-state index in [0.717, 1.165) is 12.3 Å². The molecule has 3 atom stereocenters. The molecular formula is C12H18O. The van der Waals surface area contributed by atoms with E-state index in [-0.39, 0.29) is 5.41 Å². The van der Waals surface area contributed by atoms with Gasteiger partial charge in [-0.2, -0.15) is 0 Å². The molecule has 0 aliphatic heterocycles. The SMILES string of the molecule is CC(C)[C@@H]1CC[C@]2(C)C(=O)C=C[C@H]12. The summed E-state index contributed by atoms with van der Waals surface area (Å²) in [5.41, 5.74) is -0.0328. The lowest BCUT2D eigenvalue weighted by molar-refractivity contribution is -0.123. The molecule has 13 heavy (non-hydrogen) atoms. The molecular weight excluding hydrogens is 160 g/mol. The van der Waals surface area contributed by atoms with E-state index in [1.165, 1.54) is 6.42 Å². The first-order chi connectivity index (χ1) is 6.05. The highest BCUT2D eigenvalue weighted by molar-refractivity contribution is 5.97. The molecule has 0 aromatic heterocycles. The third-order valence-corrected chi connectivity index (χ3v) is 4.07. The highest BCUT2D eigenvalue weighted by atomic mass is 16.1. The van der Waals surface area contributed by atoms with Gasteiger partial charge in [-0.25, -0.2) is 0 Å². The Morgan fingerprint density at radius 2 is 2.23 bits per heavy atom. The summed E-state index contributed by atoms with van der Waals surface area (Å²) in [6.07, 6.45) is 6.28. The summed E-state index contributed by atoms with van der Waals surface area (Å²) < 4.78 is 0. The number of ketones is 1. The smallest absolute Gasteiger partial charge is 0.161 e. The van der Waals surface area contributed by atoms with Gasteiger partial charge in [-0.15, -0.1) is 0 Å². The normalized spacial score (nSPS) is 43.2. The Balaban J connectivity index is 2.27. The lowest BCUT2D eigenvalue weighted by Gasteiger charge is -2.26. The monoisotopic (exact) mass is 178 g/mol. The van der Waals surface area contributed by atoms with Gasteiger partial charge in [0.25, 0.3) is 0 Å². The standard InChI is InChI=1S/C12H18O/c1-8(2)9-6-7-12(3)10(9)4-5-11(12)13/h4-5,8-10H,6-7H2,1-3H3/t9-,10+,12-/m0/s1. The van der Waals surface area contributed by atoms with Crippen LogP contribution in [0.1, 0.15) is 33.6 Å². The fourth-order valence-electron chi connectivity index (χ4n) is 3.06. The Morgan fingerprint density at radius 1 is 1.54 bits per heavy atom. The first-order valence-corrected chi connectivity index (χ1v) is 5.28. The first kappa shape index (κ1) is 8.98. The molecule has 1 heteroatoms. The van der Waals surface area contributed by atoms with Crippen molar-refractivity contribution in [2.75, 3.05) is 0 Å². The van der Waals surface area contributed by atoms with E-state index in [4.69, 9.17) is 0 Å². The van der Waals surface area contributed by atoms with E-state index in [2.05, 4.69) is 26.8 Å². The predicted octanol–water partition coefficient (Wildman–Crippen LogP) is 2.81. The minimum Gasteiger partial charge on any atom is -0.294 e. The van der Waals surface area contributed by atoms with Crippen molar-refractivity contribution in [2.45, 2.75) is 33.6 Å². The molecule has 0 saturated heterocycles. The average Bonchev–Trinajstić information content (AvgIpc) is 2.51. The Morgan fingerprint density at radius 3 is 2.85 bits per heavy atom. The van der Waals surface area contributed by atoms with Crippen LogP contribution in [0.3, 0.4) is 0 Å². The molecule has 0 N–H and O–H groups in total. The maximum absolute atomic E-state index is 11.7. The number of rotatable bonds is 1. The quantitative estimate of drug-likeness (QED) is 0.603. The minimum atomic E-state index is -0.0328. The van der Waals surface area contributed by atoms with Crippen molar-refractivity contribution in [3.63, 3.8) is 0 Å². The van der Waals surface area contributed by atoms with Crippen LogP contribution in [-0.4, -0.2) is 5.78 Å². The van der Waals surface area contributed by atoms with E-state index < -0.39 is 0 Å². The Labute approximate surface area is 80.2 Å². The van der Waals surface area contributed by atoms with Crippen LogP contribution in [0.2, 0.25) is 0 Å². The largest absolute Gasteiger partial charge is 0.294 e. The second kappa shape index (κ2) is 2.70. The van der Waals surface area contributed by atoms with Gasteiger partial charge in [0, 0.05) is 5.41 Å². The fourth-order valence-corrected chi connectivity index (χ4v) is 3.06. The number of hydrogen-bond donors (Lipinski definition) is 0. The van der Waals surface area contributed by atoms with E-state index >= 15 is 0 Å². The summed E-state index contributed by atoms with van der Waals surface area (Å²) in [6.45, 7) is 6.68. The van der Waals surface area contributed by atoms with Gasteiger partial charge in [0.2, 0.25) is 0 Å². The molecule has 1 saturated carbocycles. The van der Waals surface area contributed by atoms with Crippen LogP contribution in [0.15, 0.2) is 12.2 Å². The third kappa shape index (κ3) is 1.09. The molecule has 0 amide bonds. The molecule has 0 bridgehead atoms. The number of carbonyl (C=O) groups is 1. The lowest BCUT2D eigenvalue weighted by atomic mass is 9.76. The van der Waals surface area contributed by atoms with Crippen molar-refractivity contribution < 1.29 is 4.79 Å². The fraction of sp³-hybridized carbons (Fsp3) is 0.750. The summed E-state index contributed by atoms with van der Waals surface area (Å²) in [6, 6.07) is 0. The minimum absolute atomic E-state index is 0.0328. The molecule has 2 rings (SSSR count). The summed E-state index contributed by atoms with van der Waals surface area (Å²) in [5.74, 6) is 2.33. The predicted molar refractivity (Wildman–Crippen MR) is 53.3 cm³/mol. The summed E-state index contributed by atoms with van der Waals surface area (Å²) in [7, 11) is 0. The van der Waals surface area contributed by atoms with Gasteiger partial charge in [0.1, 0.15) is 0 Å². The number of hydrogen-bond acceptors (Lipinski definition) is 1. The van der Waals surface area contributed by atoms with Gasteiger partial charge in [0.15, 0.2) is 5.78 Å². The molecule has 0 aromatic rings. The Bertz CT molecular complexity index is 264. The van der Waals surface area contributed by atoms with Gasteiger partial charge in [-0.3, -0.25) is 4.79 Å². The van der Waals surface area contributed by atoms with Gasteiger partial charge in [-0.1, -0.05) is 26.8 Å². The van der Waals surface area contributed by atoms with Crippen molar-refractivity contribution >= 4 is 5.78 Å². The van der Waals surface area contributed by atoms with Crippen LogP contribution in [0.5, 0.6) is 0 Å². The molecule has 1 nitrogen and oxygen atoms in total. The van der Waals surface area contributed by atoms with Gasteiger partial charge < -0.3 is 0 Å². The topological polar surface area (TPSA) is 17.1 Å². The van der Waals surface area contributed by atoms with Gasteiger partial charge in [0.05, 0.1) is 0 Å². The molecule has 2 aliphatic rings. The summed E-state index contributed by atoms with van der Waals surface area (Å²) >= 11 is 0. The second-order valence-electron chi connectivity index (χ2n) is 5.11. The molecule has 1 fully saturated rings. The molecule has 72 valence electrons. The van der Waals surface area contributed by atoms with Gasteiger partial charge in [-0.05, 0) is 36.7 Å². The van der Waals surface area contributed by atoms with E-state index in [0.29, 0.717) is 17.6 Å². The zero-order valence-corrected chi connectivity index (χ0v) is 8.71. The zero-order chi connectivity index (χ0) is 9.64. The van der Waals surface area contributed by atoms with Crippen LogP contribution in [0.4, 0.5) is 0 Å². The summed E-state index contributed by atoms with van der Waals surface area (Å²) in [5, 5.41) is 0. The van der Waals surface area contributed by atoms with E-state index in [9.17, 15) is 4.79 Å². The highest BCUT2D eigenvalue weighted by Gasteiger charge is 2.51. The van der Waals surface area contributed by atoms with Gasteiger partial charge >= 0.3 is 0 Å².